The van der Waals surface area contributed by atoms with Gasteiger partial charge >= 0.3 is 0 Å². The number of hydrogen-bond donors (Lipinski definition) is 2. The van der Waals surface area contributed by atoms with Gasteiger partial charge in [-0.3, -0.25) is 5.41 Å². The van der Waals surface area contributed by atoms with E-state index in [9.17, 15) is 0 Å². The Bertz CT molecular complexity index is 227. The molecule has 0 unspecified atom stereocenters. The first kappa shape index (κ1) is 11.7. The second kappa shape index (κ2) is 6.28. The summed E-state index contributed by atoms with van der Waals surface area (Å²) >= 11 is 0. The summed E-state index contributed by atoms with van der Waals surface area (Å²) < 4.78 is 5.07. The van der Waals surface area contributed by atoms with Gasteiger partial charge in [-0.05, 0) is 22.9 Å². The third-order valence-corrected chi connectivity index (χ3v) is 2.88. The maximum Gasteiger partial charge on any atom is 0.161 e. The molecular weight excluding hydrogens is 216 g/mol. The van der Waals surface area contributed by atoms with Gasteiger partial charge in [0.05, 0.1) is 12.0 Å². The van der Waals surface area contributed by atoms with E-state index in [1.807, 2.05) is 12.1 Å². The minimum atomic E-state index is 0. The minimum Gasteiger partial charge on any atom is -0.468 e. The molecule has 0 saturated carbocycles. The van der Waals surface area contributed by atoms with Crippen LogP contribution in [0, 0.1) is 5.41 Å². The van der Waals surface area contributed by atoms with E-state index in [4.69, 9.17) is 15.6 Å². The van der Waals surface area contributed by atoms with Crippen LogP contribution in [0.25, 0.3) is 0 Å². The summed E-state index contributed by atoms with van der Waals surface area (Å²) in [5.74, 6) is 1.65. The largest absolute Gasteiger partial charge is 0.468 e. The van der Waals surface area contributed by atoms with Crippen molar-refractivity contribution in [3.63, 3.8) is 0 Å². The molecule has 0 aliphatic rings. The van der Waals surface area contributed by atoms with Crippen LogP contribution in [0.15, 0.2) is 22.8 Å². The van der Waals surface area contributed by atoms with Gasteiger partial charge in [0, 0.05) is 0 Å². The third-order valence-electron chi connectivity index (χ3n) is 0.930. The topological polar surface area (TPSA) is 63.0 Å². The molecular formula is C6H9ClN2OS2. The van der Waals surface area contributed by atoms with E-state index in [-0.39, 0.29) is 17.6 Å². The van der Waals surface area contributed by atoms with E-state index in [2.05, 4.69) is 0 Å². The number of halogens is 1. The first-order valence-corrected chi connectivity index (χ1v) is 5.27. The molecule has 3 nitrogen and oxygen atoms in total. The molecule has 68 valence electrons. The third kappa shape index (κ3) is 4.58. The standard InChI is InChI=1S/C6H8N2OS2.ClH/c7-6(8)11-10-4-5-2-1-3-9-5;/h1-3H,4H2,(H3,7,8);1H. The highest BCUT2D eigenvalue weighted by molar-refractivity contribution is 8.81. The Morgan fingerprint density at radius 2 is 2.42 bits per heavy atom. The molecule has 6 heteroatoms. The SMILES string of the molecule is Cl.N=C(N)SSCc1ccco1. The first-order chi connectivity index (χ1) is 5.29. The van der Waals surface area contributed by atoms with E-state index < -0.39 is 0 Å². The molecule has 0 atom stereocenters. The molecule has 0 fully saturated rings. The molecule has 3 N–H and O–H groups in total. The van der Waals surface area contributed by atoms with E-state index in [0.29, 0.717) is 0 Å². The second-order valence-electron chi connectivity index (χ2n) is 1.79. The highest BCUT2D eigenvalue weighted by Crippen LogP contribution is 2.24. The van der Waals surface area contributed by atoms with Gasteiger partial charge in [0.1, 0.15) is 5.76 Å². The molecule has 0 saturated heterocycles. The normalized spacial score (nSPS) is 9.00. The van der Waals surface area contributed by atoms with Crippen molar-refractivity contribution in [2.75, 3.05) is 0 Å². The van der Waals surface area contributed by atoms with Crippen LogP contribution in [0.3, 0.4) is 0 Å². The van der Waals surface area contributed by atoms with Crippen LogP contribution in [0.4, 0.5) is 0 Å². The Morgan fingerprint density at radius 1 is 1.67 bits per heavy atom. The van der Waals surface area contributed by atoms with Crippen LogP contribution >= 0.6 is 34.0 Å². The predicted molar refractivity (Wildman–Crippen MR) is 56.8 cm³/mol. The van der Waals surface area contributed by atoms with Crippen molar-refractivity contribution in [2.24, 2.45) is 5.73 Å². The fourth-order valence-electron chi connectivity index (χ4n) is 0.546. The van der Waals surface area contributed by atoms with E-state index in [1.54, 1.807) is 6.26 Å². The van der Waals surface area contributed by atoms with Crippen LogP contribution < -0.4 is 5.73 Å². The van der Waals surface area contributed by atoms with Gasteiger partial charge in [0.25, 0.3) is 0 Å². The number of hydrogen-bond acceptors (Lipinski definition) is 4. The summed E-state index contributed by atoms with van der Waals surface area (Å²) in [5, 5.41) is 7.04. The smallest absolute Gasteiger partial charge is 0.161 e. The monoisotopic (exact) mass is 224 g/mol. The zero-order chi connectivity index (χ0) is 8.10. The average Bonchev–Trinajstić information content (AvgIpc) is 2.39. The molecule has 0 spiro atoms. The van der Waals surface area contributed by atoms with Crippen molar-refractivity contribution >= 4 is 39.2 Å². The molecule has 0 aromatic carbocycles. The second-order valence-corrected chi connectivity index (χ2v) is 4.13. The molecule has 1 aromatic rings. The van der Waals surface area contributed by atoms with Gasteiger partial charge in [-0.1, -0.05) is 10.8 Å². The zero-order valence-electron chi connectivity index (χ0n) is 6.15. The van der Waals surface area contributed by atoms with Crippen molar-refractivity contribution < 1.29 is 4.42 Å². The van der Waals surface area contributed by atoms with Gasteiger partial charge in [0.2, 0.25) is 0 Å². The molecule has 1 aromatic heterocycles. The van der Waals surface area contributed by atoms with Crippen LogP contribution in [-0.2, 0) is 5.75 Å². The molecule has 0 radical (unpaired) electrons. The van der Waals surface area contributed by atoms with E-state index in [0.717, 1.165) is 11.5 Å². The Hall–Kier alpha value is -0.260. The predicted octanol–water partition coefficient (Wildman–Crippen LogP) is 2.48. The summed E-state index contributed by atoms with van der Waals surface area (Å²) in [6.07, 6.45) is 1.63. The molecule has 0 aliphatic heterocycles. The van der Waals surface area contributed by atoms with Gasteiger partial charge in [-0.2, -0.15) is 0 Å². The Kier molecular flexibility index (Phi) is 6.14. The number of furan rings is 1. The maximum atomic E-state index is 6.91. The van der Waals surface area contributed by atoms with Gasteiger partial charge < -0.3 is 10.2 Å². The molecule has 1 heterocycles. The van der Waals surface area contributed by atoms with Crippen LogP contribution in [-0.4, -0.2) is 5.17 Å². The summed E-state index contributed by atoms with van der Waals surface area (Å²) in [6.45, 7) is 0. The molecule has 0 bridgehead atoms. The first-order valence-electron chi connectivity index (χ1n) is 2.95. The van der Waals surface area contributed by atoms with Crippen LogP contribution in [0.5, 0.6) is 0 Å². The van der Waals surface area contributed by atoms with E-state index in [1.165, 1.54) is 21.6 Å². The lowest BCUT2D eigenvalue weighted by atomic mass is 10.5. The summed E-state index contributed by atoms with van der Waals surface area (Å²) in [6, 6.07) is 3.74. The lowest BCUT2D eigenvalue weighted by Gasteiger charge is -1.94. The van der Waals surface area contributed by atoms with Crippen molar-refractivity contribution in [2.45, 2.75) is 5.75 Å². The lowest BCUT2D eigenvalue weighted by Crippen LogP contribution is -2.00. The fourth-order valence-corrected chi connectivity index (χ4v) is 1.92. The molecule has 12 heavy (non-hydrogen) atoms. The zero-order valence-corrected chi connectivity index (χ0v) is 8.60. The number of amidine groups is 1. The van der Waals surface area contributed by atoms with Crippen molar-refractivity contribution in [1.82, 2.24) is 0 Å². The van der Waals surface area contributed by atoms with Crippen LogP contribution in [0.2, 0.25) is 0 Å². The lowest BCUT2D eigenvalue weighted by molar-refractivity contribution is 0.530. The fraction of sp³-hybridized carbons (Fsp3) is 0.167. The van der Waals surface area contributed by atoms with Gasteiger partial charge in [-0.15, -0.1) is 12.4 Å². The Balaban J connectivity index is 0.00000121. The Labute approximate surface area is 84.8 Å². The highest BCUT2D eigenvalue weighted by Gasteiger charge is 1.96. The number of nitrogens with one attached hydrogen (secondary N) is 1. The summed E-state index contributed by atoms with van der Waals surface area (Å²) in [4.78, 5) is 0. The van der Waals surface area contributed by atoms with Crippen molar-refractivity contribution in [3.05, 3.63) is 24.2 Å². The average molecular weight is 225 g/mol. The molecule has 1 rings (SSSR count). The quantitative estimate of drug-likeness (QED) is 0.471. The van der Waals surface area contributed by atoms with E-state index >= 15 is 0 Å². The number of rotatable bonds is 3. The van der Waals surface area contributed by atoms with Crippen LogP contribution in [0.1, 0.15) is 5.76 Å². The van der Waals surface area contributed by atoms with Crippen molar-refractivity contribution in [3.8, 4) is 0 Å². The number of nitrogens with two attached hydrogens (primary N) is 1. The molecule has 0 amide bonds. The van der Waals surface area contributed by atoms with Gasteiger partial charge in [-0.25, -0.2) is 0 Å². The Morgan fingerprint density at radius 3 is 2.92 bits per heavy atom. The summed E-state index contributed by atoms with van der Waals surface area (Å²) in [7, 11) is 2.74. The maximum absolute atomic E-state index is 6.91. The van der Waals surface area contributed by atoms with Crippen molar-refractivity contribution in [1.29, 1.82) is 5.41 Å². The van der Waals surface area contributed by atoms with Gasteiger partial charge in [0.15, 0.2) is 5.17 Å². The molecule has 0 aliphatic carbocycles. The highest BCUT2D eigenvalue weighted by atomic mass is 35.5. The summed E-state index contributed by atoms with van der Waals surface area (Å²) in [5.41, 5.74) is 5.13. The minimum absolute atomic E-state index is 0.